The Morgan fingerprint density at radius 3 is 2.80 bits per heavy atom. The fourth-order valence-electron chi connectivity index (χ4n) is 6.06. The molecule has 2 atom stereocenters. The smallest absolute Gasteiger partial charge is 0.339 e. The molecular weight excluding hydrogens is 448 g/mol. The minimum Gasteiger partial charge on any atom is -0.483 e. The number of carbonyl (C=O) groups is 2. The van der Waals surface area contributed by atoms with E-state index in [2.05, 4.69) is 5.32 Å². The van der Waals surface area contributed by atoms with Crippen LogP contribution in [0.2, 0.25) is 0 Å². The maximum Gasteiger partial charge on any atom is 0.339 e. The summed E-state index contributed by atoms with van der Waals surface area (Å²) < 4.78 is 11.5. The fourth-order valence-corrected chi connectivity index (χ4v) is 6.06. The van der Waals surface area contributed by atoms with E-state index in [4.69, 9.17) is 9.15 Å². The van der Waals surface area contributed by atoms with Gasteiger partial charge in [-0.25, -0.2) is 4.79 Å². The highest BCUT2D eigenvalue weighted by molar-refractivity contribution is 5.89. The van der Waals surface area contributed by atoms with Gasteiger partial charge in [-0.15, -0.1) is 0 Å². The first-order chi connectivity index (χ1) is 16.8. The van der Waals surface area contributed by atoms with Crippen molar-refractivity contribution in [3.63, 3.8) is 0 Å². The fraction of sp³-hybridized carbons (Fsp3) is 0.593. The van der Waals surface area contributed by atoms with Gasteiger partial charge in [-0.2, -0.15) is 0 Å². The number of piperidine rings is 1. The minimum atomic E-state index is -0.638. The van der Waals surface area contributed by atoms with Crippen LogP contribution in [0.3, 0.4) is 0 Å². The number of amides is 2. The van der Waals surface area contributed by atoms with Crippen molar-refractivity contribution in [3.8, 4) is 5.75 Å². The first kappa shape index (κ1) is 23.9. The van der Waals surface area contributed by atoms with Gasteiger partial charge in [0.2, 0.25) is 5.91 Å². The number of aliphatic hydroxyl groups is 1. The summed E-state index contributed by atoms with van der Waals surface area (Å²) in [6, 6.07) is 3.68. The van der Waals surface area contributed by atoms with Crippen LogP contribution in [0.1, 0.15) is 61.6 Å². The van der Waals surface area contributed by atoms with Crippen molar-refractivity contribution in [2.75, 3.05) is 26.2 Å². The number of likely N-dealkylation sites (tertiary alicyclic amines) is 1. The van der Waals surface area contributed by atoms with Crippen LogP contribution >= 0.6 is 0 Å². The standard InChI is InChI=1S/C27H34N2O6/c1-17-12-21(25-19-7-2-3-8-20(19)26(32)35-22(25)13-17)34-16-23(30)28-14-24(31)29-11-10-27(33)9-5-4-6-18(27)15-29/h12-13,18,33H,2-11,14-16H2,1H3,(H,28,30)/t18-,27-/m0/s1. The second kappa shape index (κ2) is 9.64. The third kappa shape index (κ3) is 4.81. The maximum atomic E-state index is 12.7. The highest BCUT2D eigenvalue weighted by atomic mass is 16.5. The van der Waals surface area contributed by atoms with E-state index in [0.29, 0.717) is 42.8 Å². The Morgan fingerprint density at radius 1 is 1.17 bits per heavy atom. The second-order valence-electron chi connectivity index (χ2n) is 10.4. The zero-order valence-electron chi connectivity index (χ0n) is 20.4. The van der Waals surface area contributed by atoms with Crippen molar-refractivity contribution in [2.24, 2.45) is 5.92 Å². The summed E-state index contributed by atoms with van der Waals surface area (Å²) in [4.78, 5) is 39.4. The zero-order valence-corrected chi connectivity index (χ0v) is 20.4. The summed E-state index contributed by atoms with van der Waals surface area (Å²) in [5, 5.41) is 14.3. The first-order valence-corrected chi connectivity index (χ1v) is 12.8. The van der Waals surface area contributed by atoms with Crippen LogP contribution in [0.15, 0.2) is 21.3 Å². The molecule has 1 aromatic carbocycles. The first-order valence-electron chi connectivity index (χ1n) is 12.8. The van der Waals surface area contributed by atoms with Gasteiger partial charge in [0, 0.05) is 24.6 Å². The molecule has 3 aliphatic rings. The van der Waals surface area contributed by atoms with Crippen LogP contribution in [0, 0.1) is 12.8 Å². The molecule has 2 amide bonds. The normalized spacial score (nSPS) is 23.9. The monoisotopic (exact) mass is 482 g/mol. The minimum absolute atomic E-state index is 0.0911. The van der Waals surface area contributed by atoms with Gasteiger partial charge in [0.1, 0.15) is 11.3 Å². The van der Waals surface area contributed by atoms with Crippen molar-refractivity contribution in [3.05, 3.63) is 39.2 Å². The molecular formula is C27H34N2O6. The van der Waals surface area contributed by atoms with Crippen molar-refractivity contribution in [2.45, 2.75) is 70.3 Å². The molecule has 188 valence electrons. The number of hydrogen-bond acceptors (Lipinski definition) is 6. The van der Waals surface area contributed by atoms with Gasteiger partial charge in [-0.3, -0.25) is 9.59 Å². The number of aryl methyl sites for hydroxylation is 2. The van der Waals surface area contributed by atoms with Crippen molar-refractivity contribution >= 4 is 22.8 Å². The Morgan fingerprint density at radius 2 is 1.97 bits per heavy atom. The quantitative estimate of drug-likeness (QED) is 0.634. The Hall–Kier alpha value is -2.87. The van der Waals surface area contributed by atoms with Crippen molar-refractivity contribution < 1.29 is 23.8 Å². The van der Waals surface area contributed by atoms with Crippen LogP contribution < -0.4 is 15.7 Å². The average molecular weight is 483 g/mol. The molecule has 8 heteroatoms. The molecule has 0 bridgehead atoms. The molecule has 2 heterocycles. The largest absolute Gasteiger partial charge is 0.483 e. The van der Waals surface area contributed by atoms with Gasteiger partial charge in [-0.1, -0.05) is 12.8 Å². The van der Waals surface area contributed by atoms with Crippen LogP contribution in [0.4, 0.5) is 0 Å². The summed E-state index contributed by atoms with van der Waals surface area (Å²) in [6.07, 6.45) is 7.91. The Balaban J connectivity index is 1.21. The molecule has 1 aromatic heterocycles. The topological polar surface area (TPSA) is 109 Å². The van der Waals surface area contributed by atoms with E-state index >= 15 is 0 Å². The van der Waals surface area contributed by atoms with E-state index < -0.39 is 5.60 Å². The molecule has 35 heavy (non-hydrogen) atoms. The van der Waals surface area contributed by atoms with Crippen LogP contribution in [0.25, 0.3) is 11.0 Å². The number of nitrogens with zero attached hydrogens (tertiary/aromatic N) is 1. The highest BCUT2D eigenvalue weighted by Gasteiger charge is 2.43. The highest BCUT2D eigenvalue weighted by Crippen LogP contribution is 2.39. The summed E-state index contributed by atoms with van der Waals surface area (Å²) in [6.45, 7) is 2.63. The molecule has 1 saturated carbocycles. The third-order valence-corrected chi connectivity index (χ3v) is 8.00. The Labute approximate surface area is 204 Å². The predicted octanol–water partition coefficient (Wildman–Crippen LogP) is 2.63. The van der Waals surface area contributed by atoms with Crippen molar-refractivity contribution in [1.82, 2.24) is 10.2 Å². The van der Waals surface area contributed by atoms with E-state index in [1.165, 1.54) is 0 Å². The zero-order chi connectivity index (χ0) is 24.6. The molecule has 1 aliphatic heterocycles. The second-order valence-corrected chi connectivity index (χ2v) is 10.4. The molecule has 0 spiro atoms. The molecule has 8 nitrogen and oxygen atoms in total. The summed E-state index contributed by atoms with van der Waals surface area (Å²) in [7, 11) is 0. The van der Waals surface area contributed by atoms with E-state index in [1.54, 1.807) is 4.90 Å². The number of hydrogen-bond donors (Lipinski definition) is 2. The predicted molar refractivity (Wildman–Crippen MR) is 130 cm³/mol. The molecule has 5 rings (SSSR count). The lowest BCUT2D eigenvalue weighted by Crippen LogP contribution is -2.56. The molecule has 0 unspecified atom stereocenters. The van der Waals surface area contributed by atoms with Crippen LogP contribution in [-0.2, 0) is 22.4 Å². The Bertz CT molecular complexity index is 1200. The molecule has 0 radical (unpaired) electrons. The van der Waals surface area contributed by atoms with Crippen molar-refractivity contribution in [1.29, 1.82) is 0 Å². The molecule has 1 saturated heterocycles. The van der Waals surface area contributed by atoms with Gasteiger partial charge in [0.25, 0.3) is 5.91 Å². The lowest BCUT2D eigenvalue weighted by atomic mass is 9.71. The van der Waals surface area contributed by atoms with E-state index in [9.17, 15) is 19.5 Å². The van der Waals surface area contributed by atoms with Crippen LogP contribution in [0.5, 0.6) is 5.75 Å². The number of nitrogens with one attached hydrogen (secondary N) is 1. The number of rotatable bonds is 5. The number of benzene rings is 1. The summed E-state index contributed by atoms with van der Waals surface area (Å²) in [5.41, 5.74) is 2.09. The van der Waals surface area contributed by atoms with Crippen LogP contribution in [-0.4, -0.2) is 53.7 Å². The average Bonchev–Trinajstić information content (AvgIpc) is 2.85. The lowest BCUT2D eigenvalue weighted by molar-refractivity contribution is -0.143. The molecule has 2 aliphatic carbocycles. The van der Waals surface area contributed by atoms with E-state index in [1.807, 2.05) is 19.1 Å². The number of fused-ring (bicyclic) bond motifs is 4. The Kier molecular flexibility index (Phi) is 6.57. The molecule has 2 fully saturated rings. The lowest BCUT2D eigenvalue weighted by Gasteiger charge is -2.47. The summed E-state index contributed by atoms with van der Waals surface area (Å²) >= 11 is 0. The van der Waals surface area contributed by atoms with E-state index in [-0.39, 0.29) is 36.5 Å². The maximum absolute atomic E-state index is 12.7. The van der Waals surface area contributed by atoms with Gasteiger partial charge in [0.05, 0.1) is 17.5 Å². The number of ether oxygens (including phenoxy) is 1. The molecule has 2 N–H and O–H groups in total. The van der Waals surface area contributed by atoms with E-state index in [0.717, 1.165) is 61.5 Å². The van der Waals surface area contributed by atoms with Gasteiger partial charge < -0.3 is 24.5 Å². The SMILES string of the molecule is Cc1cc(OCC(=O)NCC(=O)N2CC[C@@]3(O)CCCC[C@H]3C2)c2c3c(c(=O)oc2c1)CCCC3. The van der Waals surface area contributed by atoms with Gasteiger partial charge in [-0.05, 0) is 75.1 Å². The van der Waals surface area contributed by atoms with Gasteiger partial charge in [0.15, 0.2) is 6.61 Å². The number of carbonyl (C=O) groups excluding carboxylic acids is 2. The molecule has 2 aromatic rings. The third-order valence-electron chi connectivity index (χ3n) is 8.00. The summed E-state index contributed by atoms with van der Waals surface area (Å²) in [5.74, 6) is 0.123. The van der Waals surface area contributed by atoms with Gasteiger partial charge >= 0.3 is 5.63 Å².